The van der Waals surface area contributed by atoms with Crippen LogP contribution in [0, 0.1) is 0 Å². The molecule has 1 fully saturated rings. The van der Waals surface area contributed by atoms with Crippen molar-refractivity contribution in [3.05, 3.63) is 59.6 Å². The summed E-state index contributed by atoms with van der Waals surface area (Å²) in [4.78, 5) is 30.9. The molecule has 0 spiro atoms. The Balaban J connectivity index is 1.35. The highest BCUT2D eigenvalue weighted by Gasteiger charge is 2.17. The lowest BCUT2D eigenvalue weighted by atomic mass is 10.1. The lowest BCUT2D eigenvalue weighted by molar-refractivity contribution is 0.0992. The predicted molar refractivity (Wildman–Crippen MR) is 120 cm³/mol. The maximum absolute atomic E-state index is 13.0. The van der Waals surface area contributed by atoms with Crippen molar-refractivity contribution < 1.29 is 4.79 Å². The second-order valence-corrected chi connectivity index (χ2v) is 8.46. The minimum Gasteiger partial charge on any atom is -0.354 e. The fourth-order valence-corrected chi connectivity index (χ4v) is 4.19. The Bertz CT molecular complexity index is 1220. The van der Waals surface area contributed by atoms with Gasteiger partial charge in [-0.25, -0.2) is 4.98 Å². The highest BCUT2D eigenvalue weighted by Crippen LogP contribution is 2.24. The lowest BCUT2D eigenvalue weighted by Crippen LogP contribution is -2.44. The van der Waals surface area contributed by atoms with Gasteiger partial charge in [-0.3, -0.25) is 14.8 Å². The monoisotopic (exact) mass is 431 g/mol. The second kappa shape index (κ2) is 8.44. The molecule has 5 heterocycles. The Morgan fingerprint density at radius 1 is 1.06 bits per heavy atom. The molecule has 0 amide bonds. The van der Waals surface area contributed by atoms with E-state index >= 15 is 0 Å². The van der Waals surface area contributed by atoms with E-state index in [1.807, 2.05) is 18.2 Å². The first-order valence-electron chi connectivity index (χ1n) is 10.1. The summed E-state index contributed by atoms with van der Waals surface area (Å²) in [5.41, 5.74) is 4.76. The molecular weight excluding hydrogens is 410 g/mol. The van der Waals surface area contributed by atoms with Crippen LogP contribution in [0.4, 0.5) is 5.82 Å². The fraction of sp³-hybridized carbons (Fsp3) is 0.273. The number of nitrogens with zero attached hydrogens (tertiary/aromatic N) is 7. The lowest BCUT2D eigenvalue weighted by Gasteiger charge is -2.33. The summed E-state index contributed by atoms with van der Waals surface area (Å²) in [7, 11) is 2.12. The van der Waals surface area contributed by atoms with Crippen LogP contribution in [-0.2, 0) is 6.42 Å². The average molecular weight is 432 g/mol. The normalized spacial score (nSPS) is 14.8. The van der Waals surface area contributed by atoms with E-state index in [9.17, 15) is 4.79 Å². The molecule has 0 N–H and O–H groups in total. The van der Waals surface area contributed by atoms with Gasteiger partial charge in [0.05, 0.1) is 18.1 Å². The van der Waals surface area contributed by atoms with Crippen LogP contribution >= 0.6 is 11.3 Å². The second-order valence-electron chi connectivity index (χ2n) is 7.63. The maximum atomic E-state index is 13.0. The number of hydrogen-bond donors (Lipinski definition) is 0. The van der Waals surface area contributed by atoms with E-state index in [4.69, 9.17) is 0 Å². The number of piperazine rings is 1. The summed E-state index contributed by atoms with van der Waals surface area (Å²) in [5, 5.41) is 9.73. The summed E-state index contributed by atoms with van der Waals surface area (Å²) in [6.45, 7) is 3.82. The van der Waals surface area contributed by atoms with Gasteiger partial charge < -0.3 is 9.80 Å². The van der Waals surface area contributed by atoms with Crippen LogP contribution in [0.5, 0.6) is 0 Å². The van der Waals surface area contributed by atoms with Crippen LogP contribution in [0.15, 0.2) is 48.4 Å². The smallest absolute Gasteiger partial charge is 0.169 e. The van der Waals surface area contributed by atoms with Crippen LogP contribution in [0.3, 0.4) is 0 Å². The maximum Gasteiger partial charge on any atom is 0.169 e. The molecule has 4 aromatic rings. The Hall–Kier alpha value is -3.30. The summed E-state index contributed by atoms with van der Waals surface area (Å²) >= 11 is 1.47. The number of carbonyl (C=O) groups excluding carboxylic acids is 1. The van der Waals surface area contributed by atoms with Crippen molar-refractivity contribution in [1.29, 1.82) is 0 Å². The number of carbonyl (C=O) groups is 1. The van der Waals surface area contributed by atoms with E-state index in [1.54, 1.807) is 30.2 Å². The number of rotatable bonds is 5. The van der Waals surface area contributed by atoms with Gasteiger partial charge in [-0.05, 0) is 31.3 Å². The van der Waals surface area contributed by atoms with Crippen LogP contribution in [0.2, 0.25) is 0 Å². The van der Waals surface area contributed by atoms with Gasteiger partial charge in [-0.2, -0.15) is 0 Å². The van der Waals surface area contributed by atoms with Gasteiger partial charge in [0.2, 0.25) is 0 Å². The van der Waals surface area contributed by atoms with Crippen molar-refractivity contribution in [2.75, 3.05) is 38.1 Å². The molecule has 0 unspecified atom stereocenters. The third-order valence-corrected chi connectivity index (χ3v) is 6.21. The molecule has 0 aliphatic carbocycles. The SMILES string of the molecule is CN1CCN(c2cc(C(=O)Cc3cc4cc(-c5nncs5)cnc4cn3)ccn2)CC1. The van der Waals surface area contributed by atoms with Crippen LogP contribution in [0.1, 0.15) is 16.1 Å². The first-order valence-corrected chi connectivity index (χ1v) is 11.0. The van der Waals surface area contributed by atoms with E-state index in [0.29, 0.717) is 11.3 Å². The minimum atomic E-state index is 0.0258. The molecule has 8 nitrogen and oxygen atoms in total. The molecule has 0 atom stereocenters. The van der Waals surface area contributed by atoms with Crippen molar-refractivity contribution in [3.8, 4) is 10.6 Å². The summed E-state index contributed by atoms with van der Waals surface area (Å²) in [6, 6.07) is 7.60. The Morgan fingerprint density at radius 2 is 1.94 bits per heavy atom. The Kier molecular flexibility index (Phi) is 5.35. The number of aromatic nitrogens is 5. The zero-order valence-electron chi connectivity index (χ0n) is 17.1. The highest BCUT2D eigenvalue weighted by atomic mass is 32.1. The molecule has 1 aliphatic heterocycles. The molecule has 1 saturated heterocycles. The molecule has 0 bridgehead atoms. The van der Waals surface area contributed by atoms with Gasteiger partial charge in [0.1, 0.15) is 16.3 Å². The standard InChI is InChI=1S/C22H21N7OS/c1-28-4-6-29(7-5-28)21-10-15(2-3-23-21)20(30)11-18-9-16-8-17(22-27-26-14-31-22)12-25-19(16)13-24-18/h2-3,8-10,12-14H,4-7,11H2,1H3. The Morgan fingerprint density at radius 3 is 2.74 bits per heavy atom. The number of anilines is 1. The largest absolute Gasteiger partial charge is 0.354 e. The van der Waals surface area contributed by atoms with Crippen molar-refractivity contribution in [3.63, 3.8) is 0 Å². The molecule has 9 heteroatoms. The summed E-state index contributed by atoms with van der Waals surface area (Å²) in [5.74, 6) is 0.884. The summed E-state index contributed by atoms with van der Waals surface area (Å²) < 4.78 is 0. The molecule has 5 rings (SSSR count). The van der Waals surface area contributed by atoms with Crippen molar-refractivity contribution in [1.82, 2.24) is 30.0 Å². The molecule has 4 aromatic heterocycles. The first kappa shape index (κ1) is 19.7. The number of pyridine rings is 3. The molecule has 31 heavy (non-hydrogen) atoms. The van der Waals surface area contributed by atoms with Crippen LogP contribution < -0.4 is 4.90 Å². The van der Waals surface area contributed by atoms with Gasteiger partial charge in [-0.1, -0.05) is 11.3 Å². The molecule has 0 saturated carbocycles. The predicted octanol–water partition coefficient (Wildman–Crippen LogP) is 2.72. The fourth-order valence-electron chi connectivity index (χ4n) is 3.66. The topological polar surface area (TPSA) is 88.0 Å². The Labute approximate surface area is 183 Å². The van der Waals surface area contributed by atoms with Gasteiger partial charge >= 0.3 is 0 Å². The van der Waals surface area contributed by atoms with Gasteiger partial charge in [0.15, 0.2) is 5.78 Å². The minimum absolute atomic E-state index is 0.0258. The van der Waals surface area contributed by atoms with Gasteiger partial charge in [-0.15, -0.1) is 10.2 Å². The zero-order valence-corrected chi connectivity index (χ0v) is 17.9. The molecule has 0 radical (unpaired) electrons. The number of Topliss-reactive ketones (excluding diaryl/α,β-unsaturated/α-hetero) is 1. The van der Waals surface area contributed by atoms with Gasteiger partial charge in [0.25, 0.3) is 0 Å². The van der Waals surface area contributed by atoms with E-state index in [1.165, 1.54) is 11.3 Å². The molecular formula is C22H21N7OS. The first-order chi connectivity index (χ1) is 15.2. The number of likely N-dealkylation sites (N-methyl/N-ethyl adjacent to an activating group) is 1. The molecule has 1 aliphatic rings. The van der Waals surface area contributed by atoms with E-state index in [2.05, 4.69) is 42.0 Å². The molecule has 156 valence electrons. The molecule has 0 aromatic carbocycles. The number of fused-ring (bicyclic) bond motifs is 1. The third kappa shape index (κ3) is 4.28. The van der Waals surface area contributed by atoms with E-state index in [0.717, 1.165) is 53.5 Å². The third-order valence-electron chi connectivity index (χ3n) is 5.47. The number of hydrogen-bond acceptors (Lipinski definition) is 9. The highest BCUT2D eigenvalue weighted by molar-refractivity contribution is 7.12. The van der Waals surface area contributed by atoms with Gasteiger partial charge in [0, 0.05) is 60.8 Å². The quantitative estimate of drug-likeness (QED) is 0.446. The van der Waals surface area contributed by atoms with Crippen LogP contribution in [-0.4, -0.2) is 69.1 Å². The van der Waals surface area contributed by atoms with Crippen molar-refractivity contribution >= 4 is 33.8 Å². The summed E-state index contributed by atoms with van der Waals surface area (Å²) in [6.07, 6.45) is 5.42. The van der Waals surface area contributed by atoms with Crippen molar-refractivity contribution in [2.45, 2.75) is 6.42 Å². The number of ketones is 1. The van der Waals surface area contributed by atoms with E-state index < -0.39 is 0 Å². The van der Waals surface area contributed by atoms with Crippen LogP contribution in [0.25, 0.3) is 21.5 Å². The zero-order chi connectivity index (χ0) is 21.2. The van der Waals surface area contributed by atoms with Crippen molar-refractivity contribution in [2.24, 2.45) is 0 Å². The average Bonchev–Trinajstić information content (AvgIpc) is 3.34. The van der Waals surface area contributed by atoms with E-state index in [-0.39, 0.29) is 12.2 Å².